The van der Waals surface area contributed by atoms with Gasteiger partial charge >= 0.3 is 5.97 Å². The number of ether oxygens (including phenoxy) is 9. The summed E-state index contributed by atoms with van der Waals surface area (Å²) in [4.78, 5) is 49.5. The highest BCUT2D eigenvalue weighted by atomic mass is 16.8. The van der Waals surface area contributed by atoms with Gasteiger partial charge in [0, 0.05) is 27.2 Å². The lowest BCUT2D eigenvalue weighted by molar-refractivity contribution is -0.383. The quantitative estimate of drug-likeness (QED) is 0.0571. The van der Waals surface area contributed by atoms with Crippen LogP contribution in [0.25, 0.3) is 0 Å². The zero-order valence-corrected chi connectivity index (χ0v) is 38.1. The largest absolute Gasteiger partial charge is 0.477 e. The molecule has 0 aromatic rings. The molecule has 5 aliphatic rings. The molecule has 5 fully saturated rings. The molecule has 0 saturated carbocycles. The number of hydrogen-bond acceptors (Lipinski definition) is 28. The number of amides is 3. The van der Waals surface area contributed by atoms with E-state index in [-0.39, 0.29) is 0 Å². The maximum atomic E-state index is 12.9. The van der Waals surface area contributed by atoms with Crippen LogP contribution < -0.4 is 16.0 Å². The molecule has 5 aliphatic heterocycles. The summed E-state index contributed by atoms with van der Waals surface area (Å²) in [5, 5.41) is 177. The van der Waals surface area contributed by atoms with Crippen LogP contribution >= 0.6 is 0 Å². The molecular weight excluding hydrogens is 974 g/mol. The number of hydrogen-bond donors (Lipinski definition) is 19. The van der Waals surface area contributed by atoms with Crippen LogP contribution in [-0.4, -0.2) is 297 Å². The molecule has 0 radical (unpaired) electrons. The molecule has 3 amide bonds. The predicted molar refractivity (Wildman–Crippen MR) is 219 cm³/mol. The van der Waals surface area contributed by atoms with E-state index in [0.717, 1.165) is 20.8 Å². The van der Waals surface area contributed by atoms with Crippen molar-refractivity contribution in [1.82, 2.24) is 16.0 Å². The first-order valence-electron chi connectivity index (χ1n) is 22.2. The molecule has 5 heterocycles. The van der Waals surface area contributed by atoms with Crippen LogP contribution in [0.5, 0.6) is 0 Å². The third kappa shape index (κ3) is 13.1. The maximum Gasteiger partial charge on any atom is 0.364 e. The lowest BCUT2D eigenvalue weighted by Crippen LogP contribution is -2.71. The first kappa shape index (κ1) is 58.8. The number of carboxylic acids is 1. The number of rotatable bonds is 19. The maximum absolute atomic E-state index is 12.9. The van der Waals surface area contributed by atoms with E-state index in [1.807, 2.05) is 0 Å². The Bertz CT molecular complexity index is 1770. The van der Waals surface area contributed by atoms with Crippen LogP contribution in [0.15, 0.2) is 0 Å². The fourth-order valence-corrected chi connectivity index (χ4v) is 8.84. The van der Waals surface area contributed by atoms with Gasteiger partial charge in [-0.3, -0.25) is 14.4 Å². The highest BCUT2D eigenvalue weighted by Crippen LogP contribution is 2.39. The Hall–Kier alpha value is -3.08. The fourth-order valence-electron chi connectivity index (χ4n) is 8.84. The molecule has 1 unspecified atom stereocenters. The first-order valence-corrected chi connectivity index (χ1v) is 22.2. The number of carbonyl (C=O) groups is 4. The number of aliphatic hydroxyl groups is 15. The number of carboxylic acid groups (broad SMARTS) is 1. The van der Waals surface area contributed by atoms with E-state index in [4.69, 9.17) is 42.6 Å². The minimum atomic E-state index is -3.16. The van der Waals surface area contributed by atoms with Gasteiger partial charge in [-0.25, -0.2) is 4.79 Å². The smallest absolute Gasteiger partial charge is 0.364 e. The Kier molecular flexibility index (Phi) is 20.7. The zero-order chi connectivity index (χ0) is 53.0. The van der Waals surface area contributed by atoms with Crippen molar-refractivity contribution < 1.29 is 144 Å². The molecule has 0 spiro atoms. The molecule has 410 valence electrons. The predicted octanol–water partition coefficient (Wildman–Crippen LogP) is -12.3. The summed E-state index contributed by atoms with van der Waals surface area (Å²) in [6.45, 7) is -1.90. The summed E-state index contributed by atoms with van der Waals surface area (Å²) < 4.78 is 50.9. The Balaban J connectivity index is 1.36. The lowest BCUT2D eigenvalue weighted by atomic mass is 9.88. The van der Waals surface area contributed by atoms with Crippen LogP contribution in [0.1, 0.15) is 27.2 Å². The minimum Gasteiger partial charge on any atom is -0.477 e. The van der Waals surface area contributed by atoms with Crippen molar-refractivity contribution in [3.05, 3.63) is 0 Å². The van der Waals surface area contributed by atoms with E-state index in [1.54, 1.807) is 0 Å². The topological polar surface area (TPSA) is 511 Å². The van der Waals surface area contributed by atoms with Gasteiger partial charge in [-0.2, -0.15) is 0 Å². The van der Waals surface area contributed by atoms with Crippen LogP contribution in [0.3, 0.4) is 0 Å². The van der Waals surface area contributed by atoms with Crippen molar-refractivity contribution in [2.75, 3.05) is 33.0 Å². The third-order valence-corrected chi connectivity index (χ3v) is 12.5. The van der Waals surface area contributed by atoms with Crippen molar-refractivity contribution in [1.29, 1.82) is 0 Å². The van der Waals surface area contributed by atoms with Crippen molar-refractivity contribution in [3.8, 4) is 0 Å². The van der Waals surface area contributed by atoms with E-state index < -0.39 is 222 Å². The van der Waals surface area contributed by atoms with Crippen molar-refractivity contribution >= 4 is 23.7 Å². The molecule has 71 heavy (non-hydrogen) atoms. The molecule has 0 aliphatic carbocycles. The van der Waals surface area contributed by atoms with Crippen LogP contribution in [0, 0.1) is 0 Å². The van der Waals surface area contributed by atoms with Crippen LogP contribution in [-0.2, 0) is 61.8 Å². The second-order valence-corrected chi connectivity index (χ2v) is 17.6. The van der Waals surface area contributed by atoms with Gasteiger partial charge in [-0.15, -0.1) is 0 Å². The Morgan fingerprint density at radius 3 is 1.63 bits per heavy atom. The molecule has 0 bridgehead atoms. The SMILES string of the molecule is CC(=O)N[C@H]1[C@H](OC[C@H]2OC(O)[C@H](NC(C)=O)[C@@H](O[C@@H]3O[C@H](CO)[C@H](O)[C@H](O)[C@H]3O)[C@H]2O)O[C@H](CO)[C@@H](O[C@@H]2O[C@H](CO)[C@H](O)[C@H](O[C@]3(C(=O)O)C[C@H](O)[C@@H](NC(C)=O)[C@H]([C@H](O)[C@H](O)CO)O3)[C@H]2O)[C@@H]1O. The molecule has 5 rings (SSSR count). The van der Waals surface area contributed by atoms with Gasteiger partial charge in [0.1, 0.15) is 116 Å². The summed E-state index contributed by atoms with van der Waals surface area (Å²) in [5.41, 5.74) is 0. The Morgan fingerprint density at radius 1 is 0.577 bits per heavy atom. The van der Waals surface area contributed by atoms with E-state index in [1.165, 1.54) is 0 Å². The molecule has 0 aromatic heterocycles. The number of aliphatic hydroxyl groups excluding tert-OH is 15. The summed E-state index contributed by atoms with van der Waals surface area (Å²) in [7, 11) is 0. The van der Waals surface area contributed by atoms with Gasteiger partial charge < -0.3 is 140 Å². The highest BCUT2D eigenvalue weighted by Gasteiger charge is 2.61. The summed E-state index contributed by atoms with van der Waals surface area (Å²) in [6.07, 6.45) is -44.1. The van der Waals surface area contributed by atoms with E-state index in [0.29, 0.717) is 0 Å². The van der Waals surface area contributed by atoms with Crippen molar-refractivity contribution in [2.45, 2.75) is 186 Å². The first-order chi connectivity index (χ1) is 33.3. The summed E-state index contributed by atoms with van der Waals surface area (Å²) >= 11 is 0. The van der Waals surface area contributed by atoms with E-state index >= 15 is 0 Å². The van der Waals surface area contributed by atoms with Gasteiger partial charge in [0.05, 0.1) is 45.2 Å². The Labute approximate surface area is 402 Å². The van der Waals surface area contributed by atoms with Crippen molar-refractivity contribution in [3.63, 3.8) is 0 Å². The Morgan fingerprint density at radius 2 is 1.08 bits per heavy atom. The van der Waals surface area contributed by atoms with Gasteiger partial charge in [0.25, 0.3) is 5.79 Å². The monoisotopic (exact) mass is 1040 g/mol. The number of nitrogens with one attached hydrogen (secondary N) is 3. The molecule has 32 heteroatoms. The van der Waals surface area contributed by atoms with Gasteiger partial charge in [0.15, 0.2) is 25.2 Å². The number of aliphatic carboxylic acids is 1. The van der Waals surface area contributed by atoms with Crippen LogP contribution in [0.4, 0.5) is 0 Å². The van der Waals surface area contributed by atoms with Crippen molar-refractivity contribution in [2.24, 2.45) is 0 Å². The van der Waals surface area contributed by atoms with Gasteiger partial charge in [0.2, 0.25) is 17.7 Å². The molecule has 5 saturated heterocycles. The molecule has 19 N–H and O–H groups in total. The van der Waals surface area contributed by atoms with Gasteiger partial charge in [-0.05, 0) is 0 Å². The second kappa shape index (κ2) is 25.0. The average Bonchev–Trinajstić information content (AvgIpc) is 3.31. The van der Waals surface area contributed by atoms with E-state index in [2.05, 4.69) is 16.0 Å². The normalized spacial score (nSPS) is 45.0. The van der Waals surface area contributed by atoms with E-state index in [9.17, 15) is 101 Å². The average molecular weight is 1040 g/mol. The molecule has 32 nitrogen and oxygen atoms in total. The second-order valence-electron chi connectivity index (χ2n) is 17.6. The zero-order valence-electron chi connectivity index (χ0n) is 38.1. The number of carbonyl (C=O) groups excluding carboxylic acids is 3. The minimum absolute atomic E-state index is 0.764. The molecule has 26 atom stereocenters. The van der Waals surface area contributed by atoms with Crippen LogP contribution in [0.2, 0.25) is 0 Å². The standard InChI is InChI=1S/C39H65N3O29/c1-10(47)40-19-13(50)4-39(38(61)62,70-32(19)22(52)14(51)5-43)71-33-24(54)16(7-45)66-37(29(33)59)68-30-17(8-46)67-35(20(26(30)56)41-11(2)48)63-9-18-25(55)31(21(34(60)64-18)42-12(3)49)69-36-28(58)27(57)23(53)15(6-44)65-36/h13-37,43-46,50-60H,4-9H2,1-3H3,(H,40,47)(H,41,48)(H,42,49)(H,61,62)/t13-,14+,15+,16+,17+,18+,19+,20+,21+,22+,23-,24-,25-,26+,27-,28+,29+,30+,31+,32+,33-,34?,35+,36-,37-,39-/m0/s1. The van der Waals surface area contributed by atoms with Gasteiger partial charge in [-0.1, -0.05) is 0 Å². The summed E-state index contributed by atoms with van der Waals surface area (Å²) in [5.74, 6) is -7.62. The highest BCUT2D eigenvalue weighted by molar-refractivity contribution is 5.77. The lowest BCUT2D eigenvalue weighted by Gasteiger charge is -2.51. The summed E-state index contributed by atoms with van der Waals surface area (Å²) in [6, 6.07) is -4.96. The third-order valence-electron chi connectivity index (χ3n) is 12.5. The molecule has 0 aromatic carbocycles. The molecular formula is C39H65N3O29. The fraction of sp³-hybridized carbons (Fsp3) is 0.897.